The molecule has 156 valence electrons. The Morgan fingerprint density at radius 1 is 1.07 bits per heavy atom. The molecule has 1 aliphatic rings. The van der Waals surface area contributed by atoms with Crippen LogP contribution in [0.3, 0.4) is 0 Å². The average molecular weight is 426 g/mol. The lowest BCUT2D eigenvalue weighted by atomic mass is 10.0. The first-order valence-corrected chi connectivity index (χ1v) is 9.97. The lowest BCUT2D eigenvalue weighted by Gasteiger charge is -2.38. The van der Waals surface area contributed by atoms with Gasteiger partial charge in [0.25, 0.3) is 5.91 Å². The third-order valence-electron chi connectivity index (χ3n) is 4.97. The maximum atomic E-state index is 13.5. The molecule has 29 heavy (non-hydrogen) atoms. The summed E-state index contributed by atoms with van der Waals surface area (Å²) in [7, 11) is 0. The molecule has 0 spiro atoms. The van der Waals surface area contributed by atoms with E-state index < -0.39 is 28.7 Å². The highest BCUT2D eigenvalue weighted by atomic mass is 32.2. The monoisotopic (exact) mass is 426 g/mol. The molecule has 2 aromatic rings. The topological polar surface area (TPSA) is 75.7 Å². The Kier molecular flexibility index (Phi) is 6.56. The number of piperazine rings is 1. The van der Waals surface area contributed by atoms with Gasteiger partial charge in [0, 0.05) is 54.7 Å². The van der Waals surface area contributed by atoms with Crippen molar-refractivity contribution in [2.45, 2.75) is 13.0 Å². The van der Waals surface area contributed by atoms with Gasteiger partial charge in [0.05, 0.1) is 0 Å². The number of hydrogen-bond acceptors (Lipinski definition) is 4. The van der Waals surface area contributed by atoms with Crippen LogP contribution in [0.2, 0.25) is 0 Å². The first-order chi connectivity index (χ1) is 13.8. The van der Waals surface area contributed by atoms with E-state index in [4.69, 9.17) is 0 Å². The van der Waals surface area contributed by atoms with E-state index >= 15 is 0 Å². The smallest absolute Gasteiger partial charge is 0.253 e. The van der Waals surface area contributed by atoms with E-state index in [9.17, 15) is 26.7 Å². The molecule has 3 rings (SSSR count). The molecule has 1 saturated heterocycles. The van der Waals surface area contributed by atoms with E-state index in [-0.39, 0.29) is 11.9 Å². The highest BCUT2D eigenvalue weighted by Crippen LogP contribution is 2.25. The zero-order chi connectivity index (χ0) is 21.1. The van der Waals surface area contributed by atoms with Crippen LogP contribution in [0.25, 0.3) is 0 Å². The van der Waals surface area contributed by atoms with Gasteiger partial charge in [-0.1, -0.05) is 0 Å². The molecule has 10 heteroatoms. The van der Waals surface area contributed by atoms with Gasteiger partial charge in [-0.2, -0.15) is 0 Å². The van der Waals surface area contributed by atoms with Crippen LogP contribution in [0.4, 0.5) is 18.9 Å². The lowest BCUT2D eigenvalue weighted by Crippen LogP contribution is -2.49. The highest BCUT2D eigenvalue weighted by Gasteiger charge is 2.26. The van der Waals surface area contributed by atoms with E-state index in [1.54, 1.807) is 11.8 Å². The Morgan fingerprint density at radius 2 is 1.62 bits per heavy atom. The SMILES string of the molecule is CC(c1cc(F)c(F)c(F)c1)N1CCN(C(=O)c2ccc(NS(=O)[O-])cc2)CC1. The highest BCUT2D eigenvalue weighted by molar-refractivity contribution is 7.80. The summed E-state index contributed by atoms with van der Waals surface area (Å²) >= 11 is -2.44. The van der Waals surface area contributed by atoms with Crippen LogP contribution in [0.5, 0.6) is 0 Å². The number of rotatable bonds is 5. The van der Waals surface area contributed by atoms with Gasteiger partial charge in [-0.05, 0) is 48.9 Å². The van der Waals surface area contributed by atoms with Crippen LogP contribution in [-0.4, -0.2) is 50.6 Å². The van der Waals surface area contributed by atoms with Crippen LogP contribution < -0.4 is 4.72 Å². The molecule has 0 aromatic heterocycles. The Balaban J connectivity index is 1.61. The molecule has 6 nitrogen and oxygen atoms in total. The molecule has 1 N–H and O–H groups in total. The van der Waals surface area contributed by atoms with Crippen molar-refractivity contribution < 1.29 is 26.7 Å². The number of hydrogen-bond donors (Lipinski definition) is 1. The second-order valence-electron chi connectivity index (χ2n) is 6.72. The Morgan fingerprint density at radius 3 is 2.14 bits per heavy atom. The second kappa shape index (κ2) is 8.93. The number of nitrogens with one attached hydrogen (secondary N) is 1. The summed E-state index contributed by atoms with van der Waals surface area (Å²) in [6.45, 7) is 3.58. The zero-order valence-electron chi connectivity index (χ0n) is 15.5. The molecule has 2 unspecified atom stereocenters. The van der Waals surface area contributed by atoms with E-state index in [1.165, 1.54) is 24.3 Å². The number of carbonyl (C=O) groups excluding carboxylic acids is 1. The molecule has 2 aromatic carbocycles. The minimum absolute atomic E-state index is 0.189. The fourth-order valence-electron chi connectivity index (χ4n) is 3.30. The van der Waals surface area contributed by atoms with E-state index in [1.807, 2.05) is 4.90 Å². The van der Waals surface area contributed by atoms with Crippen molar-refractivity contribution >= 4 is 22.9 Å². The molecule has 1 aliphatic heterocycles. The second-order valence-corrected chi connectivity index (χ2v) is 7.39. The molecule has 0 bridgehead atoms. The third-order valence-corrected chi connectivity index (χ3v) is 5.37. The Hall–Kier alpha value is -2.43. The Bertz CT molecular complexity index is 896. The molecule has 0 saturated carbocycles. The maximum absolute atomic E-state index is 13.5. The number of nitrogens with zero attached hydrogens (tertiary/aromatic N) is 2. The van der Waals surface area contributed by atoms with E-state index in [0.717, 1.165) is 12.1 Å². The predicted octanol–water partition coefficient (Wildman–Crippen LogP) is 2.83. The summed E-state index contributed by atoms with van der Waals surface area (Å²) in [6, 6.07) is 7.72. The molecule has 1 fully saturated rings. The number of anilines is 1. The lowest BCUT2D eigenvalue weighted by molar-refractivity contribution is 0.0581. The van der Waals surface area contributed by atoms with Gasteiger partial charge in [0.1, 0.15) is 0 Å². The molecule has 1 heterocycles. The summed E-state index contributed by atoms with van der Waals surface area (Å²) in [5, 5.41) is 0. The number of benzene rings is 2. The van der Waals surface area contributed by atoms with Gasteiger partial charge in [0.15, 0.2) is 17.5 Å². The summed E-state index contributed by atoms with van der Waals surface area (Å²) in [5.74, 6) is -4.12. The molecule has 0 radical (unpaired) electrons. The molecule has 2 atom stereocenters. The Labute approximate surface area is 168 Å². The normalized spacial score (nSPS) is 17.1. The number of halogens is 3. The van der Waals surface area contributed by atoms with Crippen LogP contribution in [0, 0.1) is 17.5 Å². The molecule has 1 amide bonds. The van der Waals surface area contributed by atoms with Gasteiger partial charge in [-0.15, -0.1) is 0 Å². The third kappa shape index (κ3) is 4.95. The number of amides is 1. The fraction of sp³-hybridized carbons (Fsp3) is 0.316. The molecular weight excluding hydrogens is 407 g/mol. The van der Waals surface area contributed by atoms with E-state index in [0.29, 0.717) is 43.0 Å². The minimum atomic E-state index is -2.44. The van der Waals surface area contributed by atoms with Crippen molar-refractivity contribution in [2.24, 2.45) is 0 Å². The van der Waals surface area contributed by atoms with Crippen molar-refractivity contribution in [3.8, 4) is 0 Å². The fourth-order valence-corrected chi connectivity index (χ4v) is 3.63. The summed E-state index contributed by atoms with van der Waals surface area (Å²) in [4.78, 5) is 16.3. The van der Waals surface area contributed by atoms with Gasteiger partial charge in [-0.3, -0.25) is 13.9 Å². The molecule has 0 aliphatic carbocycles. The zero-order valence-corrected chi connectivity index (χ0v) is 16.3. The van der Waals surface area contributed by atoms with Crippen LogP contribution in [-0.2, 0) is 11.3 Å². The largest absolute Gasteiger partial charge is 0.755 e. The van der Waals surface area contributed by atoms with Crippen molar-refractivity contribution in [2.75, 3.05) is 30.9 Å². The first kappa shape index (κ1) is 21.3. The van der Waals surface area contributed by atoms with Gasteiger partial charge < -0.3 is 14.2 Å². The van der Waals surface area contributed by atoms with Crippen LogP contribution in [0.15, 0.2) is 36.4 Å². The summed E-state index contributed by atoms with van der Waals surface area (Å²) in [5.41, 5.74) is 1.11. The van der Waals surface area contributed by atoms with Crippen molar-refractivity contribution in [1.82, 2.24) is 9.80 Å². The summed E-state index contributed by atoms with van der Waals surface area (Å²) < 4.78 is 63.6. The van der Waals surface area contributed by atoms with Gasteiger partial charge >= 0.3 is 0 Å². The van der Waals surface area contributed by atoms with Gasteiger partial charge in [0.2, 0.25) is 0 Å². The standard InChI is InChI=1S/C19H20F3N3O3S/c1-12(14-10-16(20)18(22)17(21)11-14)24-6-8-25(9-7-24)19(26)13-2-4-15(5-3-13)23-29(27)28/h2-5,10-12,23H,6-9H2,1H3,(H,27,28)/p-1. The van der Waals surface area contributed by atoms with Crippen LogP contribution in [0.1, 0.15) is 28.9 Å². The van der Waals surface area contributed by atoms with Crippen molar-refractivity contribution in [3.63, 3.8) is 0 Å². The van der Waals surface area contributed by atoms with Gasteiger partial charge in [-0.25, -0.2) is 13.2 Å². The maximum Gasteiger partial charge on any atom is 0.253 e. The first-order valence-electron chi connectivity index (χ1n) is 8.90. The van der Waals surface area contributed by atoms with Crippen LogP contribution >= 0.6 is 0 Å². The van der Waals surface area contributed by atoms with E-state index in [2.05, 4.69) is 4.72 Å². The summed E-state index contributed by atoms with van der Waals surface area (Å²) in [6.07, 6.45) is 0. The number of carbonyl (C=O) groups is 1. The van der Waals surface area contributed by atoms with Crippen molar-refractivity contribution in [3.05, 3.63) is 65.0 Å². The average Bonchev–Trinajstić information content (AvgIpc) is 2.71. The molecular formula is C19H19F3N3O3S-. The van der Waals surface area contributed by atoms with Crippen molar-refractivity contribution in [1.29, 1.82) is 0 Å². The minimum Gasteiger partial charge on any atom is -0.755 e. The quantitative estimate of drug-likeness (QED) is 0.589. The predicted molar refractivity (Wildman–Crippen MR) is 101 cm³/mol.